The van der Waals surface area contributed by atoms with Crippen LogP contribution in [0.2, 0.25) is 0 Å². The third-order valence-corrected chi connectivity index (χ3v) is 2.64. The van der Waals surface area contributed by atoms with Gasteiger partial charge in [-0.05, 0) is 26.7 Å². The van der Waals surface area contributed by atoms with Crippen LogP contribution in [0.5, 0.6) is 0 Å². The number of carbonyl (C=O) groups excluding carboxylic acids is 1. The van der Waals surface area contributed by atoms with Gasteiger partial charge < -0.3 is 15.2 Å². The van der Waals surface area contributed by atoms with Crippen LogP contribution in [-0.2, 0) is 9.53 Å². The van der Waals surface area contributed by atoms with Crippen molar-refractivity contribution in [3.05, 3.63) is 0 Å². The van der Waals surface area contributed by atoms with E-state index < -0.39 is 5.60 Å². The monoisotopic (exact) mass is 231 g/mol. The van der Waals surface area contributed by atoms with Gasteiger partial charge in [0.05, 0.1) is 11.7 Å². The molecule has 0 aliphatic heterocycles. The lowest BCUT2D eigenvalue weighted by Crippen LogP contribution is -2.40. The summed E-state index contributed by atoms with van der Waals surface area (Å²) in [6, 6.07) is 0. The van der Waals surface area contributed by atoms with E-state index in [-0.39, 0.29) is 12.0 Å². The Morgan fingerprint density at radius 1 is 1.56 bits per heavy atom. The zero-order valence-corrected chi connectivity index (χ0v) is 10.9. The van der Waals surface area contributed by atoms with Gasteiger partial charge in [-0.1, -0.05) is 13.3 Å². The second kappa shape index (κ2) is 7.63. The maximum absolute atomic E-state index is 11.4. The first-order chi connectivity index (χ1) is 7.41. The summed E-state index contributed by atoms with van der Waals surface area (Å²) in [6.45, 7) is 6.01. The van der Waals surface area contributed by atoms with E-state index in [9.17, 15) is 9.90 Å². The average molecular weight is 231 g/mol. The fraction of sp³-hybridized carbons (Fsp3) is 0.917. The number of methoxy groups -OCH3 is 1. The van der Waals surface area contributed by atoms with Crippen LogP contribution in [0.25, 0.3) is 0 Å². The summed E-state index contributed by atoms with van der Waals surface area (Å²) in [5, 5.41) is 12.6. The van der Waals surface area contributed by atoms with E-state index in [1.54, 1.807) is 14.0 Å². The van der Waals surface area contributed by atoms with Gasteiger partial charge in [0, 0.05) is 20.1 Å². The molecule has 2 atom stereocenters. The van der Waals surface area contributed by atoms with Gasteiger partial charge in [-0.3, -0.25) is 4.79 Å². The van der Waals surface area contributed by atoms with Gasteiger partial charge in [0.25, 0.3) is 0 Å². The molecular formula is C12H25NO3. The highest BCUT2D eigenvalue weighted by Gasteiger charge is 2.19. The third-order valence-electron chi connectivity index (χ3n) is 2.64. The molecule has 0 aromatic carbocycles. The van der Waals surface area contributed by atoms with Crippen LogP contribution in [0.4, 0.5) is 0 Å². The molecule has 2 N–H and O–H groups in total. The molecule has 4 heteroatoms. The van der Waals surface area contributed by atoms with Gasteiger partial charge in [-0.15, -0.1) is 0 Å². The second-order valence-corrected chi connectivity index (χ2v) is 4.61. The normalized spacial score (nSPS) is 16.6. The minimum absolute atomic E-state index is 0.0275. The van der Waals surface area contributed by atoms with E-state index in [0.29, 0.717) is 25.8 Å². The number of hydrogen-bond donors (Lipinski definition) is 2. The zero-order valence-electron chi connectivity index (χ0n) is 10.9. The zero-order chi connectivity index (χ0) is 12.6. The Balaban J connectivity index is 3.72. The van der Waals surface area contributed by atoms with Crippen molar-refractivity contribution >= 4 is 5.91 Å². The molecule has 0 spiro atoms. The number of amides is 1. The van der Waals surface area contributed by atoms with E-state index in [1.807, 2.05) is 13.8 Å². The number of hydrogen-bond acceptors (Lipinski definition) is 3. The van der Waals surface area contributed by atoms with Crippen molar-refractivity contribution in [2.75, 3.05) is 13.7 Å². The molecule has 0 aromatic heterocycles. The first-order valence-electron chi connectivity index (χ1n) is 5.93. The third kappa shape index (κ3) is 7.65. The van der Waals surface area contributed by atoms with Crippen molar-refractivity contribution in [2.24, 2.45) is 0 Å². The van der Waals surface area contributed by atoms with E-state index >= 15 is 0 Å². The lowest BCUT2D eigenvalue weighted by Gasteiger charge is -2.23. The van der Waals surface area contributed by atoms with Crippen LogP contribution in [0.15, 0.2) is 0 Å². The Kier molecular flexibility index (Phi) is 7.34. The van der Waals surface area contributed by atoms with Gasteiger partial charge in [-0.2, -0.15) is 0 Å². The van der Waals surface area contributed by atoms with Gasteiger partial charge >= 0.3 is 0 Å². The number of carbonyl (C=O) groups is 1. The summed E-state index contributed by atoms with van der Waals surface area (Å²) >= 11 is 0. The Hall–Kier alpha value is -0.610. The molecule has 0 radical (unpaired) electrons. The molecule has 0 bridgehead atoms. The van der Waals surface area contributed by atoms with Crippen molar-refractivity contribution in [3.63, 3.8) is 0 Å². The van der Waals surface area contributed by atoms with Gasteiger partial charge in [-0.25, -0.2) is 0 Å². The molecule has 96 valence electrons. The van der Waals surface area contributed by atoms with Gasteiger partial charge in [0.1, 0.15) is 0 Å². The minimum Gasteiger partial charge on any atom is -0.388 e. The quantitative estimate of drug-likeness (QED) is 0.665. The average Bonchev–Trinajstić information content (AvgIpc) is 2.23. The Labute approximate surface area is 98.4 Å². The van der Waals surface area contributed by atoms with Crippen LogP contribution in [0.3, 0.4) is 0 Å². The van der Waals surface area contributed by atoms with E-state index in [0.717, 1.165) is 6.42 Å². The largest absolute Gasteiger partial charge is 0.388 e. The predicted molar refractivity (Wildman–Crippen MR) is 64.2 cm³/mol. The van der Waals surface area contributed by atoms with Crippen molar-refractivity contribution < 1.29 is 14.6 Å². The maximum Gasteiger partial charge on any atom is 0.220 e. The molecule has 0 rings (SSSR count). The summed E-state index contributed by atoms with van der Waals surface area (Å²) in [5.74, 6) is -0.0275. The molecule has 0 fully saturated rings. The van der Waals surface area contributed by atoms with Crippen LogP contribution >= 0.6 is 0 Å². The van der Waals surface area contributed by atoms with Crippen molar-refractivity contribution in [1.29, 1.82) is 0 Å². The van der Waals surface area contributed by atoms with Crippen molar-refractivity contribution in [2.45, 2.75) is 58.2 Å². The molecule has 0 aliphatic carbocycles. The highest BCUT2D eigenvalue weighted by molar-refractivity contribution is 5.75. The Morgan fingerprint density at radius 3 is 2.69 bits per heavy atom. The smallest absolute Gasteiger partial charge is 0.220 e. The first-order valence-corrected chi connectivity index (χ1v) is 5.93. The lowest BCUT2D eigenvalue weighted by atomic mass is 10.0. The van der Waals surface area contributed by atoms with Crippen LogP contribution < -0.4 is 5.32 Å². The Bertz CT molecular complexity index is 204. The van der Waals surface area contributed by atoms with Gasteiger partial charge in [0.15, 0.2) is 0 Å². The second-order valence-electron chi connectivity index (χ2n) is 4.61. The number of ether oxygens (including phenoxy) is 1. The number of nitrogens with one attached hydrogen (secondary N) is 1. The van der Waals surface area contributed by atoms with E-state index in [1.165, 1.54) is 0 Å². The van der Waals surface area contributed by atoms with Crippen molar-refractivity contribution in [1.82, 2.24) is 5.32 Å². The topological polar surface area (TPSA) is 58.6 Å². The maximum atomic E-state index is 11.4. The SMILES string of the molecule is CCCC(C)(O)CNC(=O)CCC(C)OC. The summed E-state index contributed by atoms with van der Waals surface area (Å²) in [6.07, 6.45) is 2.85. The number of aliphatic hydroxyl groups is 1. The highest BCUT2D eigenvalue weighted by Crippen LogP contribution is 2.10. The molecule has 0 saturated carbocycles. The first kappa shape index (κ1) is 15.4. The van der Waals surface area contributed by atoms with E-state index in [2.05, 4.69) is 5.32 Å². The molecule has 2 unspecified atom stereocenters. The summed E-state index contributed by atoms with van der Waals surface area (Å²) in [7, 11) is 1.63. The molecule has 4 nitrogen and oxygen atoms in total. The fourth-order valence-electron chi connectivity index (χ4n) is 1.46. The lowest BCUT2D eigenvalue weighted by molar-refractivity contribution is -0.122. The highest BCUT2D eigenvalue weighted by atomic mass is 16.5. The fourth-order valence-corrected chi connectivity index (χ4v) is 1.46. The number of rotatable bonds is 8. The predicted octanol–water partition coefficient (Wildman–Crippen LogP) is 1.47. The summed E-state index contributed by atoms with van der Waals surface area (Å²) in [4.78, 5) is 11.4. The molecule has 0 aromatic rings. The van der Waals surface area contributed by atoms with Gasteiger partial charge in [0.2, 0.25) is 5.91 Å². The van der Waals surface area contributed by atoms with Crippen molar-refractivity contribution in [3.8, 4) is 0 Å². The van der Waals surface area contributed by atoms with Crippen LogP contribution in [0.1, 0.15) is 46.5 Å². The van der Waals surface area contributed by atoms with Crippen LogP contribution in [0, 0.1) is 0 Å². The van der Waals surface area contributed by atoms with E-state index in [4.69, 9.17) is 4.74 Å². The van der Waals surface area contributed by atoms with Crippen LogP contribution in [-0.4, -0.2) is 36.4 Å². The minimum atomic E-state index is -0.794. The summed E-state index contributed by atoms with van der Waals surface area (Å²) < 4.78 is 5.06. The molecule has 1 amide bonds. The molecular weight excluding hydrogens is 206 g/mol. The molecule has 0 aliphatic rings. The molecule has 0 saturated heterocycles. The molecule has 16 heavy (non-hydrogen) atoms. The standard InChI is InChI=1S/C12H25NO3/c1-5-8-12(3,15)9-13-11(14)7-6-10(2)16-4/h10,15H,5-9H2,1-4H3,(H,13,14). The summed E-state index contributed by atoms with van der Waals surface area (Å²) in [5.41, 5.74) is -0.794. The Morgan fingerprint density at radius 2 is 2.19 bits per heavy atom. The molecule has 0 heterocycles.